The molecule has 1 aliphatic rings. The smallest absolute Gasteiger partial charge is 0.123 e. The molecule has 3 atom stereocenters. The molecule has 0 amide bonds. The SMILES string of the molecule is CC1=CC(C)C(C(c2cc(CCCO)cc(C(C)(C)C)c2C)c2cc(CCCO)cc(C(C)(C)C)c2O)CC1. The predicted molar refractivity (Wildman–Crippen MR) is 165 cm³/mol. The number of aryl methyl sites for hydroxylation is 2. The number of allylic oxidation sites excluding steroid dienone is 2. The third-order valence-corrected chi connectivity index (χ3v) is 8.76. The van der Waals surface area contributed by atoms with Crippen molar-refractivity contribution in [2.24, 2.45) is 11.8 Å². The summed E-state index contributed by atoms with van der Waals surface area (Å²) in [5, 5.41) is 31.2. The molecule has 3 nitrogen and oxygen atoms in total. The third kappa shape index (κ3) is 7.35. The second-order valence-electron chi connectivity index (χ2n) is 14.1. The summed E-state index contributed by atoms with van der Waals surface area (Å²) in [6.07, 6.45) is 7.70. The highest BCUT2D eigenvalue weighted by Crippen LogP contribution is 2.49. The highest BCUT2D eigenvalue weighted by Gasteiger charge is 2.36. The zero-order valence-corrected chi connectivity index (χ0v) is 26.1. The van der Waals surface area contributed by atoms with Gasteiger partial charge in [0.25, 0.3) is 0 Å². The molecular formula is C36H54O3. The van der Waals surface area contributed by atoms with E-state index in [1.807, 2.05) is 0 Å². The number of phenolic OH excluding ortho intramolecular Hbond substituents is 1. The third-order valence-electron chi connectivity index (χ3n) is 8.76. The van der Waals surface area contributed by atoms with Crippen molar-refractivity contribution >= 4 is 0 Å². The molecule has 0 fully saturated rings. The average molecular weight is 535 g/mol. The van der Waals surface area contributed by atoms with Crippen LogP contribution in [0.2, 0.25) is 0 Å². The lowest BCUT2D eigenvalue weighted by Crippen LogP contribution is -2.26. The van der Waals surface area contributed by atoms with Gasteiger partial charge in [0, 0.05) is 24.7 Å². The second-order valence-corrected chi connectivity index (χ2v) is 14.1. The first-order valence-electron chi connectivity index (χ1n) is 15.1. The van der Waals surface area contributed by atoms with Crippen molar-refractivity contribution in [2.45, 2.75) is 118 Å². The Morgan fingerprint density at radius 3 is 1.79 bits per heavy atom. The molecule has 0 radical (unpaired) electrons. The summed E-state index contributed by atoms with van der Waals surface area (Å²) in [6.45, 7) is 20.6. The van der Waals surface area contributed by atoms with Gasteiger partial charge >= 0.3 is 0 Å². The van der Waals surface area contributed by atoms with Crippen LogP contribution in [0.1, 0.15) is 126 Å². The number of phenols is 1. The summed E-state index contributed by atoms with van der Waals surface area (Å²) in [5.74, 6) is 1.23. The highest BCUT2D eigenvalue weighted by molar-refractivity contribution is 5.55. The number of hydrogen-bond donors (Lipinski definition) is 3. The van der Waals surface area contributed by atoms with Crippen molar-refractivity contribution in [3.05, 3.63) is 74.9 Å². The Labute approximate surface area is 238 Å². The summed E-state index contributed by atoms with van der Waals surface area (Å²) in [6, 6.07) is 9.11. The van der Waals surface area contributed by atoms with Gasteiger partial charge in [-0.05, 0) is 108 Å². The van der Waals surface area contributed by atoms with Gasteiger partial charge in [-0.15, -0.1) is 0 Å². The fourth-order valence-corrected chi connectivity index (χ4v) is 6.70. The van der Waals surface area contributed by atoms with E-state index in [0.717, 1.165) is 43.2 Å². The Morgan fingerprint density at radius 2 is 1.31 bits per heavy atom. The normalized spacial score (nSPS) is 19.2. The Bertz CT molecular complexity index is 1080. The molecule has 2 aromatic rings. The molecule has 216 valence electrons. The topological polar surface area (TPSA) is 60.7 Å². The van der Waals surface area contributed by atoms with Crippen molar-refractivity contribution in [3.63, 3.8) is 0 Å². The molecule has 0 saturated heterocycles. The van der Waals surface area contributed by atoms with Crippen molar-refractivity contribution in [1.29, 1.82) is 0 Å². The molecule has 1 aliphatic carbocycles. The van der Waals surface area contributed by atoms with Gasteiger partial charge in [-0.25, -0.2) is 0 Å². The number of rotatable bonds is 9. The standard InChI is InChI=1S/C36H54O3/c1-23-14-15-28(24(2)18-23)33(29-19-26(12-10-16-37)21-31(25(29)3)35(4,5)6)30-20-27(13-11-17-38)22-32(34(30)39)36(7,8)9/h18-22,24,28,33,37-39H,10-17H2,1-9H3. The Morgan fingerprint density at radius 1 is 0.795 bits per heavy atom. The molecule has 3 N–H and O–H groups in total. The van der Waals surface area contributed by atoms with Crippen LogP contribution in [0.25, 0.3) is 0 Å². The largest absolute Gasteiger partial charge is 0.507 e. The summed E-state index contributed by atoms with van der Waals surface area (Å²) in [7, 11) is 0. The number of aliphatic hydroxyl groups is 2. The van der Waals surface area contributed by atoms with Gasteiger partial charge < -0.3 is 15.3 Å². The van der Waals surface area contributed by atoms with Crippen LogP contribution in [0.5, 0.6) is 5.75 Å². The van der Waals surface area contributed by atoms with Crippen molar-refractivity contribution in [2.75, 3.05) is 13.2 Å². The summed E-state index contributed by atoms with van der Waals surface area (Å²) in [5.41, 5.74) is 9.68. The highest BCUT2D eigenvalue weighted by atomic mass is 16.3. The van der Waals surface area contributed by atoms with Crippen LogP contribution < -0.4 is 0 Å². The van der Waals surface area contributed by atoms with Crippen LogP contribution >= 0.6 is 0 Å². The first kappa shape index (κ1) is 31.4. The first-order chi connectivity index (χ1) is 18.2. The molecule has 0 aliphatic heterocycles. The van der Waals surface area contributed by atoms with Gasteiger partial charge in [0.05, 0.1) is 0 Å². The van der Waals surface area contributed by atoms with Gasteiger partial charge in [0.15, 0.2) is 0 Å². The summed E-state index contributed by atoms with van der Waals surface area (Å²) < 4.78 is 0. The molecule has 39 heavy (non-hydrogen) atoms. The second kappa shape index (κ2) is 12.6. The molecular weight excluding hydrogens is 480 g/mol. The molecule has 0 spiro atoms. The van der Waals surface area contributed by atoms with Crippen LogP contribution in [-0.4, -0.2) is 28.5 Å². The lowest BCUT2D eigenvalue weighted by atomic mass is 9.66. The van der Waals surface area contributed by atoms with E-state index in [4.69, 9.17) is 0 Å². The molecule has 0 heterocycles. The number of hydrogen-bond acceptors (Lipinski definition) is 3. The van der Waals surface area contributed by atoms with E-state index in [0.29, 0.717) is 24.0 Å². The predicted octanol–water partition coefficient (Wildman–Crippen LogP) is 8.27. The maximum atomic E-state index is 12.0. The summed E-state index contributed by atoms with van der Waals surface area (Å²) in [4.78, 5) is 0. The molecule has 3 rings (SSSR count). The summed E-state index contributed by atoms with van der Waals surface area (Å²) >= 11 is 0. The lowest BCUT2D eigenvalue weighted by Gasteiger charge is -2.38. The van der Waals surface area contributed by atoms with Gasteiger partial charge in [0.1, 0.15) is 5.75 Å². The zero-order valence-electron chi connectivity index (χ0n) is 26.1. The van der Waals surface area contributed by atoms with Crippen LogP contribution in [0.4, 0.5) is 0 Å². The Hall–Kier alpha value is -2.10. The minimum Gasteiger partial charge on any atom is -0.507 e. The lowest BCUT2D eigenvalue weighted by molar-refractivity contribution is 0.288. The minimum absolute atomic E-state index is 0.0190. The van der Waals surface area contributed by atoms with E-state index in [1.165, 1.54) is 33.4 Å². The van der Waals surface area contributed by atoms with Crippen molar-refractivity contribution in [3.8, 4) is 5.75 Å². The molecule has 0 aromatic heterocycles. The van der Waals surface area contributed by atoms with Crippen LogP contribution in [0.3, 0.4) is 0 Å². The van der Waals surface area contributed by atoms with E-state index in [2.05, 4.69) is 92.7 Å². The van der Waals surface area contributed by atoms with Gasteiger partial charge in [0.2, 0.25) is 0 Å². The van der Waals surface area contributed by atoms with E-state index in [1.54, 1.807) is 0 Å². The quantitative estimate of drug-likeness (QED) is 0.284. The van der Waals surface area contributed by atoms with Crippen LogP contribution in [0, 0.1) is 18.8 Å². The van der Waals surface area contributed by atoms with E-state index in [9.17, 15) is 15.3 Å². The van der Waals surface area contributed by atoms with Gasteiger partial charge in [-0.2, -0.15) is 0 Å². The first-order valence-corrected chi connectivity index (χ1v) is 15.1. The number of aliphatic hydroxyl groups excluding tert-OH is 2. The molecule has 0 bridgehead atoms. The fourth-order valence-electron chi connectivity index (χ4n) is 6.70. The minimum atomic E-state index is -0.206. The van der Waals surface area contributed by atoms with E-state index < -0.39 is 0 Å². The average Bonchev–Trinajstić information content (AvgIpc) is 2.83. The zero-order chi connectivity index (χ0) is 29.1. The van der Waals surface area contributed by atoms with Crippen LogP contribution in [0.15, 0.2) is 35.9 Å². The van der Waals surface area contributed by atoms with Gasteiger partial charge in [-0.3, -0.25) is 0 Å². The van der Waals surface area contributed by atoms with Crippen LogP contribution in [-0.2, 0) is 23.7 Å². The van der Waals surface area contributed by atoms with Crippen molar-refractivity contribution in [1.82, 2.24) is 0 Å². The fraction of sp³-hybridized carbons (Fsp3) is 0.611. The Balaban J connectivity index is 2.39. The van der Waals surface area contributed by atoms with Crippen molar-refractivity contribution < 1.29 is 15.3 Å². The number of aromatic hydroxyl groups is 1. The maximum absolute atomic E-state index is 12.0. The number of benzene rings is 2. The van der Waals surface area contributed by atoms with E-state index in [-0.39, 0.29) is 30.0 Å². The maximum Gasteiger partial charge on any atom is 0.123 e. The molecule has 0 saturated carbocycles. The van der Waals surface area contributed by atoms with Gasteiger partial charge in [-0.1, -0.05) is 84.4 Å². The van der Waals surface area contributed by atoms with E-state index >= 15 is 0 Å². The molecule has 3 heteroatoms. The monoisotopic (exact) mass is 534 g/mol. The molecule has 2 aromatic carbocycles. The molecule has 3 unspecified atom stereocenters. The Kier molecular flexibility index (Phi) is 10.2.